The Kier molecular flexibility index (Phi) is 2.81. The van der Waals surface area contributed by atoms with Crippen molar-refractivity contribution in [3.63, 3.8) is 0 Å². The van der Waals surface area contributed by atoms with Gasteiger partial charge in [-0.25, -0.2) is 0 Å². The van der Waals surface area contributed by atoms with Crippen molar-refractivity contribution < 1.29 is 4.74 Å². The molecular formula is C13H17N3O. The highest BCUT2D eigenvalue weighted by molar-refractivity contribution is 5.40. The van der Waals surface area contributed by atoms with Gasteiger partial charge in [-0.1, -0.05) is 0 Å². The van der Waals surface area contributed by atoms with Crippen LogP contribution in [0.15, 0.2) is 18.3 Å². The normalized spacial score (nSPS) is 20.9. The molecule has 4 heteroatoms. The molecule has 1 aliphatic rings. The van der Waals surface area contributed by atoms with E-state index in [1.807, 2.05) is 6.20 Å². The van der Waals surface area contributed by atoms with Crippen molar-refractivity contribution in [2.24, 2.45) is 0 Å². The summed E-state index contributed by atoms with van der Waals surface area (Å²) in [4.78, 5) is 0. The number of aryl methyl sites for hydroxylation is 1. The summed E-state index contributed by atoms with van der Waals surface area (Å²) in [7, 11) is 0. The molecule has 1 unspecified atom stereocenters. The standard InChI is InChI=1S/C13H17N3O/c1-10-5-6-16-12(8-10)14-15-13(16)9-11-4-2-3-7-17-11/h5-6,8,11H,2-4,7,9H2,1H3. The first kappa shape index (κ1) is 10.7. The van der Waals surface area contributed by atoms with E-state index in [4.69, 9.17) is 4.74 Å². The zero-order valence-electron chi connectivity index (χ0n) is 10.1. The number of fused-ring (bicyclic) bond motifs is 1. The molecule has 2 aromatic rings. The van der Waals surface area contributed by atoms with Crippen molar-refractivity contribution >= 4 is 5.65 Å². The predicted molar refractivity (Wildman–Crippen MR) is 65.0 cm³/mol. The Labute approximate surface area is 101 Å². The van der Waals surface area contributed by atoms with Gasteiger partial charge in [0.25, 0.3) is 0 Å². The van der Waals surface area contributed by atoms with E-state index in [0.717, 1.165) is 30.9 Å². The Morgan fingerprint density at radius 2 is 2.35 bits per heavy atom. The molecule has 1 atom stereocenters. The fourth-order valence-corrected chi connectivity index (χ4v) is 2.35. The molecule has 0 amide bonds. The van der Waals surface area contributed by atoms with E-state index in [-0.39, 0.29) is 0 Å². The quantitative estimate of drug-likeness (QED) is 0.795. The third-order valence-electron chi connectivity index (χ3n) is 3.32. The van der Waals surface area contributed by atoms with Gasteiger partial charge in [-0.3, -0.25) is 4.40 Å². The van der Waals surface area contributed by atoms with Crippen LogP contribution in [0.4, 0.5) is 0 Å². The maximum absolute atomic E-state index is 5.74. The molecule has 0 aliphatic carbocycles. The number of pyridine rings is 1. The van der Waals surface area contributed by atoms with E-state index in [2.05, 4.69) is 33.7 Å². The van der Waals surface area contributed by atoms with Gasteiger partial charge in [0.1, 0.15) is 5.82 Å². The van der Waals surface area contributed by atoms with Gasteiger partial charge in [0.2, 0.25) is 0 Å². The molecule has 3 rings (SSSR count). The molecule has 3 heterocycles. The number of nitrogens with zero attached hydrogens (tertiary/aromatic N) is 3. The largest absolute Gasteiger partial charge is 0.378 e. The van der Waals surface area contributed by atoms with Gasteiger partial charge in [-0.05, 0) is 43.9 Å². The molecular weight excluding hydrogens is 214 g/mol. The predicted octanol–water partition coefficient (Wildman–Crippen LogP) is 2.15. The second-order valence-corrected chi connectivity index (χ2v) is 4.74. The van der Waals surface area contributed by atoms with E-state index < -0.39 is 0 Å². The highest BCUT2D eigenvalue weighted by atomic mass is 16.5. The van der Waals surface area contributed by atoms with Crippen LogP contribution in [0.2, 0.25) is 0 Å². The lowest BCUT2D eigenvalue weighted by Crippen LogP contribution is -2.22. The third kappa shape index (κ3) is 2.17. The lowest BCUT2D eigenvalue weighted by molar-refractivity contribution is 0.0155. The van der Waals surface area contributed by atoms with Crippen molar-refractivity contribution in [1.29, 1.82) is 0 Å². The maximum atomic E-state index is 5.74. The van der Waals surface area contributed by atoms with E-state index in [9.17, 15) is 0 Å². The maximum Gasteiger partial charge on any atom is 0.161 e. The smallest absolute Gasteiger partial charge is 0.161 e. The molecule has 1 saturated heterocycles. The Morgan fingerprint density at radius 3 is 3.18 bits per heavy atom. The van der Waals surface area contributed by atoms with Crippen LogP contribution in [0.3, 0.4) is 0 Å². The first-order valence-electron chi connectivity index (χ1n) is 6.25. The first-order valence-corrected chi connectivity index (χ1v) is 6.25. The molecule has 1 fully saturated rings. The van der Waals surface area contributed by atoms with Gasteiger partial charge in [0.15, 0.2) is 5.65 Å². The number of hydrogen-bond donors (Lipinski definition) is 0. The molecule has 4 nitrogen and oxygen atoms in total. The van der Waals surface area contributed by atoms with Crippen LogP contribution in [-0.4, -0.2) is 27.3 Å². The average Bonchev–Trinajstić information content (AvgIpc) is 2.73. The molecule has 0 radical (unpaired) electrons. The Bertz CT molecular complexity index is 514. The van der Waals surface area contributed by atoms with Crippen LogP contribution >= 0.6 is 0 Å². The van der Waals surface area contributed by atoms with Crippen molar-refractivity contribution in [3.05, 3.63) is 29.7 Å². The van der Waals surface area contributed by atoms with Crippen molar-refractivity contribution in [3.8, 4) is 0 Å². The zero-order chi connectivity index (χ0) is 11.7. The molecule has 17 heavy (non-hydrogen) atoms. The van der Waals surface area contributed by atoms with Crippen molar-refractivity contribution in [1.82, 2.24) is 14.6 Å². The van der Waals surface area contributed by atoms with Crippen LogP contribution in [0.25, 0.3) is 5.65 Å². The number of rotatable bonds is 2. The monoisotopic (exact) mass is 231 g/mol. The van der Waals surface area contributed by atoms with Crippen LogP contribution in [-0.2, 0) is 11.2 Å². The zero-order valence-corrected chi connectivity index (χ0v) is 10.1. The van der Waals surface area contributed by atoms with E-state index in [0.29, 0.717) is 6.10 Å². The minimum absolute atomic E-state index is 0.317. The molecule has 0 aromatic carbocycles. The van der Waals surface area contributed by atoms with Crippen LogP contribution in [0.5, 0.6) is 0 Å². The summed E-state index contributed by atoms with van der Waals surface area (Å²) in [6, 6.07) is 4.14. The summed E-state index contributed by atoms with van der Waals surface area (Å²) >= 11 is 0. The molecule has 0 spiro atoms. The van der Waals surface area contributed by atoms with E-state index in [1.54, 1.807) is 0 Å². The second kappa shape index (κ2) is 4.45. The summed E-state index contributed by atoms with van der Waals surface area (Å²) < 4.78 is 7.80. The summed E-state index contributed by atoms with van der Waals surface area (Å²) in [5.41, 5.74) is 2.14. The van der Waals surface area contributed by atoms with Gasteiger partial charge in [0, 0.05) is 19.2 Å². The first-order chi connectivity index (χ1) is 8.33. The SMILES string of the molecule is Cc1ccn2c(CC3CCCCO3)nnc2c1. The molecule has 2 aromatic heterocycles. The molecule has 0 N–H and O–H groups in total. The minimum atomic E-state index is 0.317. The van der Waals surface area contributed by atoms with Crippen molar-refractivity contribution in [2.45, 2.75) is 38.7 Å². The lowest BCUT2D eigenvalue weighted by atomic mass is 10.1. The summed E-state index contributed by atoms with van der Waals surface area (Å²) in [6.45, 7) is 2.96. The van der Waals surface area contributed by atoms with Crippen LogP contribution in [0, 0.1) is 6.92 Å². The molecule has 1 aliphatic heterocycles. The van der Waals surface area contributed by atoms with Crippen molar-refractivity contribution in [2.75, 3.05) is 6.61 Å². The fourth-order valence-electron chi connectivity index (χ4n) is 2.35. The Hall–Kier alpha value is -1.42. The molecule has 90 valence electrons. The topological polar surface area (TPSA) is 39.4 Å². The fraction of sp³-hybridized carbons (Fsp3) is 0.538. The summed E-state index contributed by atoms with van der Waals surface area (Å²) in [5, 5.41) is 8.47. The summed E-state index contributed by atoms with van der Waals surface area (Å²) in [5.74, 6) is 1.01. The Balaban J connectivity index is 1.84. The van der Waals surface area contributed by atoms with E-state index in [1.165, 1.54) is 18.4 Å². The van der Waals surface area contributed by atoms with Crippen LogP contribution < -0.4 is 0 Å². The third-order valence-corrected chi connectivity index (χ3v) is 3.32. The van der Waals surface area contributed by atoms with Crippen LogP contribution in [0.1, 0.15) is 30.7 Å². The number of hydrogen-bond acceptors (Lipinski definition) is 3. The van der Waals surface area contributed by atoms with Gasteiger partial charge < -0.3 is 4.74 Å². The highest BCUT2D eigenvalue weighted by Gasteiger charge is 2.17. The molecule has 0 saturated carbocycles. The van der Waals surface area contributed by atoms with Gasteiger partial charge in [0.05, 0.1) is 6.10 Å². The van der Waals surface area contributed by atoms with E-state index >= 15 is 0 Å². The number of ether oxygens (including phenoxy) is 1. The van der Waals surface area contributed by atoms with Gasteiger partial charge in [-0.15, -0.1) is 10.2 Å². The van der Waals surface area contributed by atoms with Gasteiger partial charge in [-0.2, -0.15) is 0 Å². The lowest BCUT2D eigenvalue weighted by Gasteiger charge is -2.21. The Morgan fingerprint density at radius 1 is 1.41 bits per heavy atom. The summed E-state index contributed by atoms with van der Waals surface area (Å²) in [6.07, 6.45) is 6.82. The second-order valence-electron chi connectivity index (χ2n) is 4.74. The average molecular weight is 231 g/mol. The molecule has 0 bridgehead atoms. The minimum Gasteiger partial charge on any atom is -0.378 e. The number of aromatic nitrogens is 3. The van der Waals surface area contributed by atoms with Gasteiger partial charge >= 0.3 is 0 Å². The highest BCUT2D eigenvalue weighted by Crippen LogP contribution is 2.17.